The summed E-state index contributed by atoms with van der Waals surface area (Å²) in [6.07, 6.45) is 3.88. The molecule has 1 fully saturated rings. The summed E-state index contributed by atoms with van der Waals surface area (Å²) in [7, 11) is -3.49. The van der Waals surface area contributed by atoms with Crippen LogP contribution in [0.15, 0.2) is 47.4 Å². The van der Waals surface area contributed by atoms with Crippen molar-refractivity contribution in [2.45, 2.75) is 43.9 Å². The van der Waals surface area contributed by atoms with Gasteiger partial charge in [-0.25, -0.2) is 8.42 Å². The Morgan fingerprint density at radius 2 is 1.53 bits per heavy atom. The van der Waals surface area contributed by atoms with E-state index in [2.05, 4.69) is 6.92 Å². The zero-order valence-corrected chi connectivity index (χ0v) is 19.4. The van der Waals surface area contributed by atoms with E-state index in [1.54, 1.807) is 21.9 Å². The molecule has 7 heteroatoms. The second-order valence-corrected chi connectivity index (χ2v) is 10.7. The van der Waals surface area contributed by atoms with Gasteiger partial charge >= 0.3 is 0 Å². The van der Waals surface area contributed by atoms with E-state index >= 15 is 0 Å². The van der Waals surface area contributed by atoms with Crippen LogP contribution < -0.4 is 0 Å². The summed E-state index contributed by atoms with van der Waals surface area (Å²) in [5.41, 5.74) is 4.19. The highest BCUT2D eigenvalue weighted by molar-refractivity contribution is 7.91. The molecule has 2 amide bonds. The van der Waals surface area contributed by atoms with Crippen LogP contribution in [0.4, 0.5) is 0 Å². The van der Waals surface area contributed by atoms with Gasteiger partial charge in [0.15, 0.2) is 9.84 Å². The minimum atomic E-state index is -3.49. The summed E-state index contributed by atoms with van der Waals surface area (Å²) in [6.45, 7) is 3.84. The average Bonchev–Trinajstić information content (AvgIpc) is 3.30. The Balaban J connectivity index is 1.29. The topological polar surface area (TPSA) is 74.8 Å². The highest BCUT2D eigenvalue weighted by Gasteiger charge is 2.26. The largest absolute Gasteiger partial charge is 0.339 e. The molecule has 2 aromatic rings. The number of amides is 2. The minimum absolute atomic E-state index is 0.0288. The van der Waals surface area contributed by atoms with E-state index in [1.807, 2.05) is 30.3 Å². The zero-order chi connectivity index (χ0) is 22.7. The second kappa shape index (κ2) is 9.45. The first-order chi connectivity index (χ1) is 15.4. The zero-order valence-electron chi connectivity index (χ0n) is 18.5. The number of benzene rings is 2. The van der Waals surface area contributed by atoms with Crippen molar-refractivity contribution in [2.75, 3.05) is 31.9 Å². The van der Waals surface area contributed by atoms with Crippen molar-refractivity contribution in [1.82, 2.24) is 9.80 Å². The minimum Gasteiger partial charge on any atom is -0.339 e. The highest BCUT2D eigenvalue weighted by atomic mass is 32.2. The quantitative estimate of drug-likeness (QED) is 0.673. The molecule has 0 N–H and O–H groups in total. The summed E-state index contributed by atoms with van der Waals surface area (Å²) in [5, 5.41) is 0. The number of hydrogen-bond acceptors (Lipinski definition) is 4. The molecular weight excluding hydrogens is 424 g/mol. The summed E-state index contributed by atoms with van der Waals surface area (Å²) in [6, 6.07) is 13.0. The van der Waals surface area contributed by atoms with Gasteiger partial charge in [-0.15, -0.1) is 0 Å². The predicted molar refractivity (Wildman–Crippen MR) is 123 cm³/mol. The van der Waals surface area contributed by atoms with Crippen molar-refractivity contribution in [3.05, 3.63) is 64.7 Å². The maximum atomic E-state index is 12.7. The fraction of sp³-hybridized carbons (Fsp3) is 0.440. The fourth-order valence-electron chi connectivity index (χ4n) is 4.46. The van der Waals surface area contributed by atoms with Crippen molar-refractivity contribution < 1.29 is 18.0 Å². The smallest absolute Gasteiger partial charge is 0.253 e. The van der Waals surface area contributed by atoms with Gasteiger partial charge in [0.25, 0.3) is 5.91 Å². The van der Waals surface area contributed by atoms with E-state index in [9.17, 15) is 18.0 Å². The lowest BCUT2D eigenvalue weighted by molar-refractivity contribution is -0.132. The van der Waals surface area contributed by atoms with Gasteiger partial charge in [0.05, 0.1) is 10.6 Å². The van der Waals surface area contributed by atoms with E-state index in [0.29, 0.717) is 36.6 Å². The molecule has 0 saturated carbocycles. The lowest BCUT2D eigenvalue weighted by atomic mass is 10.1. The van der Waals surface area contributed by atoms with E-state index < -0.39 is 9.84 Å². The Morgan fingerprint density at radius 1 is 0.875 bits per heavy atom. The molecule has 2 aliphatic rings. The summed E-state index contributed by atoms with van der Waals surface area (Å²) in [5.74, 6) is -0.388. The molecule has 0 spiro atoms. The first kappa shape index (κ1) is 22.5. The van der Waals surface area contributed by atoms with E-state index in [4.69, 9.17) is 0 Å². The molecule has 0 unspecified atom stereocenters. The first-order valence-electron chi connectivity index (χ1n) is 11.4. The van der Waals surface area contributed by atoms with E-state index in [-0.39, 0.29) is 24.0 Å². The molecule has 1 saturated heterocycles. The Hall–Kier alpha value is -2.67. The van der Waals surface area contributed by atoms with Crippen LogP contribution in [0.1, 0.15) is 46.8 Å². The van der Waals surface area contributed by atoms with Crippen LogP contribution in [0.2, 0.25) is 0 Å². The van der Waals surface area contributed by atoms with Crippen molar-refractivity contribution in [3.63, 3.8) is 0 Å². The second-order valence-electron chi connectivity index (χ2n) is 8.58. The Morgan fingerprint density at radius 3 is 2.22 bits per heavy atom. The Kier molecular flexibility index (Phi) is 6.65. The van der Waals surface area contributed by atoms with Crippen molar-refractivity contribution in [3.8, 4) is 0 Å². The van der Waals surface area contributed by atoms with E-state index in [0.717, 1.165) is 31.2 Å². The van der Waals surface area contributed by atoms with Crippen LogP contribution in [0.25, 0.3) is 0 Å². The van der Waals surface area contributed by atoms with Crippen LogP contribution in [-0.2, 0) is 33.9 Å². The molecule has 0 aromatic heterocycles. The third kappa shape index (κ3) is 4.88. The maximum absolute atomic E-state index is 12.7. The number of fused-ring (bicyclic) bond motifs is 1. The summed E-state index contributed by atoms with van der Waals surface area (Å²) < 4.78 is 25.5. The molecular formula is C25H30N2O4S. The number of carbonyl (C=O) groups is 2. The molecule has 170 valence electrons. The molecule has 4 rings (SSSR count). The number of aryl methyl sites for hydroxylation is 3. The van der Waals surface area contributed by atoms with Crippen LogP contribution in [-0.4, -0.2) is 62.0 Å². The highest BCUT2D eigenvalue weighted by Crippen LogP contribution is 2.25. The van der Waals surface area contributed by atoms with Crippen LogP contribution in [0.3, 0.4) is 0 Å². The monoisotopic (exact) mass is 454 g/mol. The van der Waals surface area contributed by atoms with Crippen molar-refractivity contribution in [1.29, 1.82) is 0 Å². The molecule has 2 aromatic carbocycles. The Bertz CT molecular complexity index is 1100. The number of hydrogen-bond donors (Lipinski definition) is 0. The SMILES string of the molecule is CCc1ccc(C(=O)N2CCN(C(=O)CCS(=O)(=O)c3ccc4c(c3)CCC4)CC2)cc1. The van der Waals surface area contributed by atoms with Gasteiger partial charge in [-0.2, -0.15) is 0 Å². The molecule has 0 bridgehead atoms. The molecule has 1 aliphatic heterocycles. The van der Waals surface area contributed by atoms with Crippen molar-refractivity contribution >= 4 is 21.7 Å². The molecule has 32 heavy (non-hydrogen) atoms. The van der Waals surface area contributed by atoms with Crippen LogP contribution >= 0.6 is 0 Å². The van der Waals surface area contributed by atoms with Gasteiger partial charge in [-0.3, -0.25) is 9.59 Å². The summed E-state index contributed by atoms with van der Waals surface area (Å²) in [4.78, 5) is 29.1. The number of piperazine rings is 1. The predicted octanol–water partition coefficient (Wildman–Crippen LogP) is 2.89. The molecule has 0 radical (unpaired) electrons. The number of rotatable bonds is 6. The van der Waals surface area contributed by atoms with Crippen LogP contribution in [0, 0.1) is 0 Å². The van der Waals surface area contributed by atoms with Gasteiger partial charge in [-0.1, -0.05) is 25.1 Å². The fourth-order valence-corrected chi connectivity index (χ4v) is 5.74. The number of sulfone groups is 1. The number of carbonyl (C=O) groups excluding carboxylic acids is 2. The third-order valence-electron chi connectivity index (χ3n) is 6.54. The molecule has 6 nitrogen and oxygen atoms in total. The van der Waals surface area contributed by atoms with Gasteiger partial charge in [0.2, 0.25) is 5.91 Å². The maximum Gasteiger partial charge on any atom is 0.253 e. The normalized spacial score (nSPS) is 16.2. The molecule has 1 heterocycles. The van der Waals surface area contributed by atoms with Crippen LogP contribution in [0.5, 0.6) is 0 Å². The van der Waals surface area contributed by atoms with Gasteiger partial charge in [0.1, 0.15) is 0 Å². The molecule has 1 aliphatic carbocycles. The average molecular weight is 455 g/mol. The van der Waals surface area contributed by atoms with Gasteiger partial charge in [0, 0.05) is 38.2 Å². The summed E-state index contributed by atoms with van der Waals surface area (Å²) >= 11 is 0. The lowest BCUT2D eigenvalue weighted by Crippen LogP contribution is -2.50. The first-order valence-corrected chi connectivity index (χ1v) is 13.0. The number of nitrogens with zero attached hydrogens (tertiary/aromatic N) is 2. The van der Waals surface area contributed by atoms with Crippen molar-refractivity contribution in [2.24, 2.45) is 0 Å². The third-order valence-corrected chi connectivity index (χ3v) is 8.26. The van der Waals surface area contributed by atoms with E-state index in [1.165, 1.54) is 11.1 Å². The van der Waals surface area contributed by atoms with Gasteiger partial charge in [-0.05, 0) is 66.6 Å². The molecule has 0 atom stereocenters. The Labute approximate surface area is 190 Å². The van der Waals surface area contributed by atoms with Gasteiger partial charge < -0.3 is 9.80 Å². The standard InChI is InChI=1S/C25H30N2O4S/c1-2-19-6-8-21(9-7-19)25(29)27-15-13-26(14-16-27)24(28)12-17-32(30,31)23-11-10-20-4-3-5-22(20)18-23/h6-11,18H,2-5,12-17H2,1H3. The lowest BCUT2D eigenvalue weighted by Gasteiger charge is -2.35.